The standard InChI is InChI=1S/C18H30N4O/c1-14-16(15(2)21-20-14)4-5-17(23)22-12-3-6-18(9-13-22)7-10-19-11-8-18/h19H,3-13H2,1-2H3,(H,20,21). The van der Waals surface area contributed by atoms with Gasteiger partial charge >= 0.3 is 0 Å². The maximum atomic E-state index is 12.6. The van der Waals surface area contributed by atoms with Crippen molar-refractivity contribution in [1.29, 1.82) is 0 Å². The van der Waals surface area contributed by atoms with E-state index in [0.29, 0.717) is 17.7 Å². The van der Waals surface area contributed by atoms with Crippen molar-refractivity contribution in [3.8, 4) is 0 Å². The Balaban J connectivity index is 1.54. The van der Waals surface area contributed by atoms with Crippen LogP contribution in [-0.2, 0) is 11.2 Å². The predicted octanol–water partition coefficient (Wildman–Crippen LogP) is 2.34. The monoisotopic (exact) mass is 318 g/mol. The Morgan fingerprint density at radius 3 is 2.65 bits per heavy atom. The lowest BCUT2D eigenvalue weighted by Gasteiger charge is -2.37. The number of carbonyl (C=O) groups is 1. The van der Waals surface area contributed by atoms with E-state index in [4.69, 9.17) is 0 Å². The van der Waals surface area contributed by atoms with Crippen molar-refractivity contribution < 1.29 is 4.79 Å². The summed E-state index contributed by atoms with van der Waals surface area (Å²) in [6, 6.07) is 0. The van der Waals surface area contributed by atoms with Crippen molar-refractivity contribution in [2.75, 3.05) is 26.2 Å². The van der Waals surface area contributed by atoms with Crippen LogP contribution in [0.5, 0.6) is 0 Å². The summed E-state index contributed by atoms with van der Waals surface area (Å²) >= 11 is 0. The highest BCUT2D eigenvalue weighted by Gasteiger charge is 2.34. The van der Waals surface area contributed by atoms with Crippen molar-refractivity contribution >= 4 is 5.91 Å². The molecule has 2 saturated heterocycles. The maximum Gasteiger partial charge on any atom is 0.222 e. The molecule has 0 radical (unpaired) electrons. The number of piperidine rings is 1. The number of nitrogens with one attached hydrogen (secondary N) is 2. The average molecular weight is 318 g/mol. The number of likely N-dealkylation sites (tertiary alicyclic amines) is 1. The summed E-state index contributed by atoms with van der Waals surface area (Å²) in [4.78, 5) is 14.7. The van der Waals surface area contributed by atoms with Gasteiger partial charge in [0.15, 0.2) is 0 Å². The number of amides is 1. The van der Waals surface area contributed by atoms with E-state index in [1.165, 1.54) is 31.2 Å². The molecule has 0 bridgehead atoms. The van der Waals surface area contributed by atoms with E-state index in [9.17, 15) is 4.79 Å². The van der Waals surface area contributed by atoms with Gasteiger partial charge in [0.2, 0.25) is 5.91 Å². The number of rotatable bonds is 3. The molecule has 1 amide bonds. The lowest BCUT2D eigenvalue weighted by molar-refractivity contribution is -0.131. The molecule has 2 aliphatic rings. The third kappa shape index (κ3) is 3.77. The Kier molecular flexibility index (Phi) is 5.05. The molecule has 0 aromatic carbocycles. The molecule has 5 nitrogen and oxygen atoms in total. The topological polar surface area (TPSA) is 61.0 Å². The van der Waals surface area contributed by atoms with E-state index >= 15 is 0 Å². The quantitative estimate of drug-likeness (QED) is 0.899. The Morgan fingerprint density at radius 1 is 1.17 bits per heavy atom. The summed E-state index contributed by atoms with van der Waals surface area (Å²) in [6.07, 6.45) is 7.61. The maximum absolute atomic E-state index is 12.6. The first-order chi connectivity index (χ1) is 11.1. The molecule has 1 aromatic heterocycles. The Labute approximate surface area is 139 Å². The second-order valence-electron chi connectivity index (χ2n) is 7.40. The van der Waals surface area contributed by atoms with Gasteiger partial charge in [0.1, 0.15) is 0 Å². The van der Waals surface area contributed by atoms with E-state index in [1.54, 1.807) is 0 Å². The molecule has 128 valence electrons. The second-order valence-corrected chi connectivity index (χ2v) is 7.40. The van der Waals surface area contributed by atoms with Crippen LogP contribution in [-0.4, -0.2) is 47.2 Å². The smallest absolute Gasteiger partial charge is 0.222 e. The zero-order chi connectivity index (χ0) is 16.3. The Hall–Kier alpha value is -1.36. The zero-order valence-corrected chi connectivity index (χ0v) is 14.6. The van der Waals surface area contributed by atoms with E-state index in [0.717, 1.165) is 50.4 Å². The van der Waals surface area contributed by atoms with Crippen LogP contribution >= 0.6 is 0 Å². The van der Waals surface area contributed by atoms with Gasteiger partial charge in [-0.3, -0.25) is 9.89 Å². The summed E-state index contributed by atoms with van der Waals surface area (Å²) in [5, 5.41) is 10.7. The molecule has 0 atom stereocenters. The molecule has 3 rings (SSSR count). The van der Waals surface area contributed by atoms with Crippen LogP contribution in [0.4, 0.5) is 0 Å². The first-order valence-corrected chi connectivity index (χ1v) is 9.09. The van der Waals surface area contributed by atoms with Crippen LogP contribution in [0.2, 0.25) is 0 Å². The fourth-order valence-corrected chi connectivity index (χ4v) is 4.29. The number of aromatic amines is 1. The highest BCUT2D eigenvalue weighted by atomic mass is 16.2. The molecular weight excluding hydrogens is 288 g/mol. The lowest BCUT2D eigenvalue weighted by atomic mass is 9.73. The van der Waals surface area contributed by atoms with E-state index < -0.39 is 0 Å². The molecule has 5 heteroatoms. The van der Waals surface area contributed by atoms with Gasteiger partial charge in [-0.15, -0.1) is 0 Å². The zero-order valence-electron chi connectivity index (χ0n) is 14.6. The largest absolute Gasteiger partial charge is 0.343 e. The van der Waals surface area contributed by atoms with Crippen molar-refractivity contribution in [2.24, 2.45) is 5.41 Å². The third-order valence-electron chi connectivity index (χ3n) is 5.93. The predicted molar refractivity (Wildman–Crippen MR) is 91.4 cm³/mol. The molecule has 2 N–H and O–H groups in total. The van der Waals surface area contributed by atoms with Crippen LogP contribution in [0.3, 0.4) is 0 Å². The minimum Gasteiger partial charge on any atom is -0.343 e. The summed E-state index contributed by atoms with van der Waals surface area (Å²) in [6.45, 7) is 8.22. The van der Waals surface area contributed by atoms with Gasteiger partial charge in [0.05, 0.1) is 5.69 Å². The van der Waals surface area contributed by atoms with Crippen LogP contribution in [0, 0.1) is 19.3 Å². The molecule has 0 unspecified atom stereocenters. The molecule has 1 aromatic rings. The Morgan fingerprint density at radius 2 is 1.96 bits per heavy atom. The fraction of sp³-hybridized carbons (Fsp3) is 0.778. The number of aromatic nitrogens is 2. The SMILES string of the molecule is Cc1n[nH]c(C)c1CCC(=O)N1CCCC2(CCNCC2)CC1. The molecule has 3 heterocycles. The first kappa shape index (κ1) is 16.5. The minimum absolute atomic E-state index is 0.316. The van der Waals surface area contributed by atoms with Gasteiger partial charge in [0.25, 0.3) is 0 Å². The van der Waals surface area contributed by atoms with Gasteiger partial charge in [-0.05, 0) is 76.4 Å². The fourth-order valence-electron chi connectivity index (χ4n) is 4.29. The van der Waals surface area contributed by atoms with Crippen LogP contribution in [0.1, 0.15) is 55.5 Å². The van der Waals surface area contributed by atoms with Gasteiger partial charge in [-0.25, -0.2) is 0 Å². The first-order valence-electron chi connectivity index (χ1n) is 9.09. The van der Waals surface area contributed by atoms with E-state index in [1.807, 2.05) is 13.8 Å². The van der Waals surface area contributed by atoms with Crippen molar-refractivity contribution in [1.82, 2.24) is 20.4 Å². The number of H-pyrrole nitrogens is 1. The second kappa shape index (κ2) is 7.04. The number of hydrogen-bond donors (Lipinski definition) is 2. The minimum atomic E-state index is 0.316. The van der Waals surface area contributed by atoms with Crippen LogP contribution in [0.25, 0.3) is 0 Å². The summed E-state index contributed by atoms with van der Waals surface area (Å²) in [5.41, 5.74) is 3.83. The van der Waals surface area contributed by atoms with Crippen molar-refractivity contribution in [3.63, 3.8) is 0 Å². The van der Waals surface area contributed by atoms with Gasteiger partial charge in [-0.2, -0.15) is 5.10 Å². The number of carbonyl (C=O) groups excluding carboxylic acids is 1. The van der Waals surface area contributed by atoms with Crippen LogP contribution in [0.15, 0.2) is 0 Å². The third-order valence-corrected chi connectivity index (χ3v) is 5.93. The van der Waals surface area contributed by atoms with Crippen molar-refractivity contribution in [3.05, 3.63) is 17.0 Å². The van der Waals surface area contributed by atoms with Gasteiger partial charge in [0, 0.05) is 25.2 Å². The molecule has 0 saturated carbocycles. The summed E-state index contributed by atoms with van der Waals surface area (Å²) in [7, 11) is 0. The number of hydrogen-bond acceptors (Lipinski definition) is 3. The number of nitrogens with zero attached hydrogens (tertiary/aromatic N) is 2. The molecule has 2 fully saturated rings. The molecular formula is C18H30N4O. The van der Waals surface area contributed by atoms with Crippen molar-refractivity contribution in [2.45, 2.75) is 58.8 Å². The highest BCUT2D eigenvalue weighted by Crippen LogP contribution is 2.39. The molecule has 23 heavy (non-hydrogen) atoms. The summed E-state index contributed by atoms with van der Waals surface area (Å²) < 4.78 is 0. The molecule has 2 aliphatic heterocycles. The summed E-state index contributed by atoms with van der Waals surface area (Å²) in [5.74, 6) is 0.316. The lowest BCUT2D eigenvalue weighted by Crippen LogP contribution is -2.38. The van der Waals surface area contributed by atoms with E-state index in [-0.39, 0.29) is 0 Å². The van der Waals surface area contributed by atoms with Gasteiger partial charge < -0.3 is 10.2 Å². The number of aryl methyl sites for hydroxylation is 2. The van der Waals surface area contributed by atoms with Crippen LogP contribution < -0.4 is 5.32 Å². The average Bonchev–Trinajstić information content (AvgIpc) is 2.75. The molecule has 0 aliphatic carbocycles. The molecule has 1 spiro atoms. The van der Waals surface area contributed by atoms with Gasteiger partial charge in [-0.1, -0.05) is 0 Å². The highest BCUT2D eigenvalue weighted by molar-refractivity contribution is 5.76. The Bertz CT molecular complexity index is 526. The normalized spacial score (nSPS) is 21.4. The van der Waals surface area contributed by atoms with E-state index in [2.05, 4.69) is 20.4 Å².